The SMILES string of the molecule is Cc1c(Cl)cccc1-n1ccc2c(cnc3nc(C(F)(F)F)nn32)c1=O. The van der Waals surface area contributed by atoms with Crippen molar-refractivity contribution < 1.29 is 13.2 Å². The van der Waals surface area contributed by atoms with E-state index in [1.807, 2.05) is 0 Å². The number of rotatable bonds is 1. The first-order chi connectivity index (χ1) is 12.3. The molecule has 6 nitrogen and oxygen atoms in total. The third kappa shape index (κ3) is 2.43. The van der Waals surface area contributed by atoms with E-state index >= 15 is 0 Å². The van der Waals surface area contributed by atoms with Crippen LogP contribution < -0.4 is 5.56 Å². The van der Waals surface area contributed by atoms with E-state index in [2.05, 4.69) is 15.1 Å². The number of hydrogen-bond acceptors (Lipinski definition) is 4. The second-order valence-corrected chi connectivity index (χ2v) is 5.98. The highest BCUT2D eigenvalue weighted by Gasteiger charge is 2.36. The fraction of sp³-hybridized carbons (Fsp3) is 0.125. The zero-order valence-corrected chi connectivity index (χ0v) is 13.9. The Morgan fingerprint density at radius 2 is 1.96 bits per heavy atom. The van der Waals surface area contributed by atoms with Gasteiger partial charge in [0, 0.05) is 17.4 Å². The van der Waals surface area contributed by atoms with Crippen LogP contribution >= 0.6 is 11.6 Å². The molecule has 4 rings (SSSR count). The van der Waals surface area contributed by atoms with E-state index in [4.69, 9.17) is 11.6 Å². The third-order valence-corrected chi connectivity index (χ3v) is 4.40. The summed E-state index contributed by atoms with van der Waals surface area (Å²) in [6.07, 6.45) is -2.05. The van der Waals surface area contributed by atoms with Crippen LogP contribution in [-0.4, -0.2) is 24.1 Å². The van der Waals surface area contributed by atoms with Gasteiger partial charge in [0.05, 0.1) is 16.6 Å². The van der Waals surface area contributed by atoms with Gasteiger partial charge in [-0.05, 0) is 30.7 Å². The van der Waals surface area contributed by atoms with Gasteiger partial charge in [-0.15, -0.1) is 5.10 Å². The molecule has 0 spiro atoms. The highest BCUT2D eigenvalue weighted by atomic mass is 35.5. The molecule has 0 aliphatic heterocycles. The van der Waals surface area contributed by atoms with Crippen LogP contribution in [-0.2, 0) is 6.18 Å². The van der Waals surface area contributed by atoms with E-state index in [9.17, 15) is 18.0 Å². The average Bonchev–Trinajstić information content (AvgIpc) is 3.03. The van der Waals surface area contributed by atoms with E-state index in [0.29, 0.717) is 16.3 Å². The molecule has 0 saturated heterocycles. The van der Waals surface area contributed by atoms with E-state index in [1.165, 1.54) is 23.0 Å². The molecule has 132 valence electrons. The van der Waals surface area contributed by atoms with Crippen molar-refractivity contribution in [3.63, 3.8) is 0 Å². The zero-order chi connectivity index (χ0) is 18.6. The number of aromatic nitrogens is 5. The fourth-order valence-corrected chi connectivity index (χ4v) is 2.86. The van der Waals surface area contributed by atoms with Crippen molar-refractivity contribution in [2.45, 2.75) is 13.1 Å². The second kappa shape index (κ2) is 5.53. The summed E-state index contributed by atoms with van der Waals surface area (Å²) in [6.45, 7) is 1.77. The molecule has 26 heavy (non-hydrogen) atoms. The fourth-order valence-electron chi connectivity index (χ4n) is 2.69. The van der Waals surface area contributed by atoms with E-state index in [1.54, 1.807) is 25.1 Å². The molecule has 0 unspecified atom stereocenters. The molecular formula is C16H9ClF3N5O. The lowest BCUT2D eigenvalue weighted by Gasteiger charge is -2.11. The van der Waals surface area contributed by atoms with Crippen LogP contribution in [0.5, 0.6) is 0 Å². The highest BCUT2D eigenvalue weighted by molar-refractivity contribution is 6.31. The van der Waals surface area contributed by atoms with Crippen molar-refractivity contribution in [1.29, 1.82) is 0 Å². The van der Waals surface area contributed by atoms with Crippen LogP contribution in [0.3, 0.4) is 0 Å². The lowest BCUT2D eigenvalue weighted by Crippen LogP contribution is -2.19. The summed E-state index contributed by atoms with van der Waals surface area (Å²) in [4.78, 5) is 20.0. The van der Waals surface area contributed by atoms with Gasteiger partial charge in [0.25, 0.3) is 17.2 Å². The summed E-state index contributed by atoms with van der Waals surface area (Å²) in [5, 5.41) is 4.04. The topological polar surface area (TPSA) is 65.1 Å². The van der Waals surface area contributed by atoms with Gasteiger partial charge in [0.15, 0.2) is 0 Å². The Kier molecular flexibility index (Phi) is 3.52. The van der Waals surface area contributed by atoms with Crippen molar-refractivity contribution in [3.8, 4) is 5.69 Å². The van der Waals surface area contributed by atoms with Crippen LogP contribution in [0.15, 0.2) is 41.5 Å². The normalized spacial score (nSPS) is 12.2. The summed E-state index contributed by atoms with van der Waals surface area (Å²) in [6, 6.07) is 6.61. The maximum atomic E-state index is 12.8. The van der Waals surface area contributed by atoms with E-state index < -0.39 is 17.6 Å². The standard InChI is InChI=1S/C16H9ClF3N5O/c1-8-10(17)3-2-4-11(8)24-6-5-12-9(13(24)26)7-21-15-22-14(16(18,19)20)23-25(12)15/h2-7H,1H3. The molecule has 0 saturated carbocycles. The minimum Gasteiger partial charge on any atom is -0.283 e. The van der Waals surface area contributed by atoms with Crippen LogP contribution in [0.25, 0.3) is 22.4 Å². The quantitative estimate of drug-likeness (QED) is 0.508. The molecule has 0 atom stereocenters. The van der Waals surface area contributed by atoms with Gasteiger partial charge >= 0.3 is 6.18 Å². The first-order valence-electron chi connectivity index (χ1n) is 7.37. The molecule has 0 aliphatic carbocycles. The maximum Gasteiger partial charge on any atom is 0.453 e. The predicted molar refractivity (Wildman–Crippen MR) is 88.6 cm³/mol. The summed E-state index contributed by atoms with van der Waals surface area (Å²) < 4.78 is 40.8. The molecule has 4 aromatic rings. The van der Waals surface area contributed by atoms with Crippen LogP contribution in [0, 0.1) is 6.92 Å². The Morgan fingerprint density at radius 1 is 1.19 bits per heavy atom. The van der Waals surface area contributed by atoms with Crippen molar-refractivity contribution in [3.05, 3.63) is 63.4 Å². The van der Waals surface area contributed by atoms with Crippen LogP contribution in [0.1, 0.15) is 11.4 Å². The molecule has 3 heterocycles. The first kappa shape index (κ1) is 16.5. The Morgan fingerprint density at radius 3 is 2.69 bits per heavy atom. The minimum atomic E-state index is -4.70. The van der Waals surface area contributed by atoms with Gasteiger partial charge < -0.3 is 0 Å². The largest absolute Gasteiger partial charge is 0.453 e. The lowest BCUT2D eigenvalue weighted by molar-refractivity contribution is -0.144. The number of benzene rings is 1. The van der Waals surface area contributed by atoms with Gasteiger partial charge in [-0.1, -0.05) is 17.7 Å². The number of alkyl halides is 3. The predicted octanol–water partition coefficient (Wildman–Crippen LogP) is 3.41. The number of pyridine rings is 1. The third-order valence-electron chi connectivity index (χ3n) is 3.99. The van der Waals surface area contributed by atoms with Crippen molar-refractivity contribution in [2.75, 3.05) is 0 Å². The van der Waals surface area contributed by atoms with Crippen molar-refractivity contribution >= 4 is 28.3 Å². The summed E-state index contributed by atoms with van der Waals surface area (Å²) >= 11 is 6.10. The molecule has 0 radical (unpaired) electrons. The number of halogens is 4. The van der Waals surface area contributed by atoms with E-state index in [-0.39, 0.29) is 16.7 Å². The number of nitrogens with zero attached hydrogens (tertiary/aromatic N) is 5. The lowest BCUT2D eigenvalue weighted by atomic mass is 10.2. The zero-order valence-electron chi connectivity index (χ0n) is 13.1. The van der Waals surface area contributed by atoms with Crippen molar-refractivity contribution in [2.24, 2.45) is 0 Å². The van der Waals surface area contributed by atoms with Gasteiger partial charge in [-0.3, -0.25) is 9.36 Å². The summed E-state index contributed by atoms with van der Waals surface area (Å²) in [5.41, 5.74) is 0.995. The van der Waals surface area contributed by atoms with Crippen LogP contribution in [0.4, 0.5) is 13.2 Å². The van der Waals surface area contributed by atoms with Crippen LogP contribution in [0.2, 0.25) is 5.02 Å². The average molecular weight is 380 g/mol. The monoisotopic (exact) mass is 379 g/mol. The Hall–Kier alpha value is -2.94. The van der Waals surface area contributed by atoms with E-state index in [0.717, 1.165) is 4.52 Å². The number of fused-ring (bicyclic) bond motifs is 3. The molecule has 0 bridgehead atoms. The van der Waals surface area contributed by atoms with Gasteiger partial charge in [-0.25, -0.2) is 4.98 Å². The van der Waals surface area contributed by atoms with Gasteiger partial charge in [0.2, 0.25) is 0 Å². The Labute approximate surface area is 148 Å². The molecule has 0 aliphatic rings. The summed E-state index contributed by atoms with van der Waals surface area (Å²) in [7, 11) is 0. The number of hydrogen-bond donors (Lipinski definition) is 0. The molecule has 0 fully saturated rings. The Balaban J connectivity index is 2.01. The maximum absolute atomic E-state index is 12.8. The smallest absolute Gasteiger partial charge is 0.283 e. The highest BCUT2D eigenvalue weighted by Crippen LogP contribution is 2.27. The molecule has 0 N–H and O–H groups in total. The molecule has 1 aromatic carbocycles. The Bertz CT molecular complexity index is 1230. The summed E-state index contributed by atoms with van der Waals surface area (Å²) in [5.74, 6) is -1.55. The van der Waals surface area contributed by atoms with Gasteiger partial charge in [-0.2, -0.15) is 22.7 Å². The first-order valence-corrected chi connectivity index (χ1v) is 7.75. The second-order valence-electron chi connectivity index (χ2n) is 5.58. The molecule has 3 aromatic heterocycles. The molecule has 10 heteroatoms. The molecule has 0 amide bonds. The molecular weight excluding hydrogens is 371 g/mol. The van der Waals surface area contributed by atoms with Crippen molar-refractivity contribution in [1.82, 2.24) is 24.1 Å². The minimum absolute atomic E-state index is 0.109. The van der Waals surface area contributed by atoms with Gasteiger partial charge in [0.1, 0.15) is 0 Å².